The second kappa shape index (κ2) is 6.40. The van der Waals surface area contributed by atoms with Crippen molar-refractivity contribution in [1.82, 2.24) is 0 Å². The number of amides is 1. The summed E-state index contributed by atoms with van der Waals surface area (Å²) in [6.45, 7) is -0.0441. The van der Waals surface area contributed by atoms with Gasteiger partial charge in [-0.25, -0.2) is 0 Å². The van der Waals surface area contributed by atoms with Crippen molar-refractivity contribution in [2.75, 3.05) is 6.61 Å². The number of carbonyl (C=O) groups is 1. The van der Waals surface area contributed by atoms with Crippen molar-refractivity contribution < 1.29 is 9.90 Å². The molecule has 0 aliphatic rings. The second-order valence-corrected chi connectivity index (χ2v) is 3.21. The lowest BCUT2D eigenvalue weighted by molar-refractivity contribution is 0.100. The largest absolute Gasteiger partial charge is 0.395 e. The van der Waals surface area contributed by atoms with Gasteiger partial charge in [0.25, 0.3) is 0 Å². The van der Waals surface area contributed by atoms with Crippen LogP contribution in [0.5, 0.6) is 0 Å². The molecular weight excluding hydrogens is 216 g/mol. The summed E-state index contributed by atoms with van der Waals surface area (Å²) in [4.78, 5) is 10.7. The van der Waals surface area contributed by atoms with E-state index in [4.69, 9.17) is 16.6 Å². The Hall–Kier alpha value is -1.10. The van der Waals surface area contributed by atoms with Gasteiger partial charge in [-0.2, -0.15) is 0 Å². The molecular formula is C10H15ClN2O2. The average Bonchev–Trinajstić information content (AvgIpc) is 2.18. The molecule has 1 atom stereocenters. The summed E-state index contributed by atoms with van der Waals surface area (Å²) in [6, 6.07) is 6.63. The van der Waals surface area contributed by atoms with Gasteiger partial charge < -0.3 is 16.6 Å². The molecule has 0 aromatic heterocycles. The maximum atomic E-state index is 10.7. The van der Waals surface area contributed by atoms with Gasteiger partial charge in [0.05, 0.1) is 6.61 Å². The number of primary amides is 1. The highest BCUT2D eigenvalue weighted by atomic mass is 35.5. The highest BCUT2D eigenvalue weighted by Crippen LogP contribution is 2.05. The van der Waals surface area contributed by atoms with E-state index in [2.05, 4.69) is 0 Å². The Morgan fingerprint density at radius 1 is 1.33 bits per heavy atom. The highest BCUT2D eigenvalue weighted by Gasteiger charge is 2.03. The maximum absolute atomic E-state index is 10.7. The molecule has 0 saturated carbocycles. The molecule has 0 heterocycles. The summed E-state index contributed by atoms with van der Waals surface area (Å²) in [5.41, 5.74) is 12.1. The standard InChI is InChI=1S/C10H14N2O2.ClH/c11-9(6-13)5-7-1-3-8(4-2-7)10(12)14;/h1-4,9,13H,5-6,11H2,(H2,12,14);1H. The van der Waals surface area contributed by atoms with Gasteiger partial charge in [-0.15, -0.1) is 12.4 Å². The SMILES string of the molecule is Cl.NC(=O)c1ccc(CC(N)CO)cc1. The molecule has 0 radical (unpaired) electrons. The number of rotatable bonds is 4. The van der Waals surface area contributed by atoms with E-state index in [1.807, 2.05) is 0 Å². The zero-order valence-electron chi connectivity index (χ0n) is 8.22. The first kappa shape index (κ1) is 13.9. The fraction of sp³-hybridized carbons (Fsp3) is 0.300. The van der Waals surface area contributed by atoms with Crippen molar-refractivity contribution in [2.45, 2.75) is 12.5 Å². The third-order valence-corrected chi connectivity index (χ3v) is 1.97. The van der Waals surface area contributed by atoms with Crippen LogP contribution < -0.4 is 11.5 Å². The number of carbonyl (C=O) groups excluding carboxylic acids is 1. The third kappa shape index (κ3) is 4.29. The summed E-state index contributed by atoms with van der Waals surface area (Å²) in [5.74, 6) is -0.442. The Morgan fingerprint density at radius 3 is 2.27 bits per heavy atom. The number of nitrogens with two attached hydrogens (primary N) is 2. The molecule has 15 heavy (non-hydrogen) atoms. The molecule has 0 spiro atoms. The van der Waals surface area contributed by atoms with E-state index < -0.39 is 5.91 Å². The minimum absolute atomic E-state index is 0. The van der Waals surface area contributed by atoms with Crippen LogP contribution in [0.15, 0.2) is 24.3 Å². The van der Waals surface area contributed by atoms with Crippen LogP contribution in [-0.4, -0.2) is 23.7 Å². The van der Waals surface area contributed by atoms with Crippen LogP contribution in [0.25, 0.3) is 0 Å². The van der Waals surface area contributed by atoms with Crippen molar-refractivity contribution >= 4 is 18.3 Å². The summed E-state index contributed by atoms with van der Waals surface area (Å²) in [6.07, 6.45) is 0.593. The first-order valence-electron chi connectivity index (χ1n) is 4.38. The van der Waals surface area contributed by atoms with Crippen molar-refractivity contribution in [3.8, 4) is 0 Å². The van der Waals surface area contributed by atoms with Crippen molar-refractivity contribution in [3.63, 3.8) is 0 Å². The van der Waals surface area contributed by atoms with Gasteiger partial charge in [-0.05, 0) is 24.1 Å². The topological polar surface area (TPSA) is 89.3 Å². The summed E-state index contributed by atoms with van der Waals surface area (Å²) >= 11 is 0. The lowest BCUT2D eigenvalue weighted by atomic mass is 10.1. The Balaban J connectivity index is 0.00000196. The Kier molecular flexibility index (Phi) is 5.93. The Labute approximate surface area is 94.7 Å². The minimum atomic E-state index is -0.442. The van der Waals surface area contributed by atoms with Crippen molar-refractivity contribution in [3.05, 3.63) is 35.4 Å². The van der Waals surface area contributed by atoms with E-state index >= 15 is 0 Å². The van der Waals surface area contributed by atoms with E-state index in [-0.39, 0.29) is 25.1 Å². The molecule has 4 nitrogen and oxygen atoms in total. The average molecular weight is 231 g/mol. The molecule has 1 rings (SSSR count). The van der Waals surface area contributed by atoms with E-state index in [1.54, 1.807) is 24.3 Å². The molecule has 1 unspecified atom stereocenters. The van der Waals surface area contributed by atoms with Gasteiger partial charge in [0.1, 0.15) is 0 Å². The zero-order chi connectivity index (χ0) is 10.6. The molecule has 0 fully saturated rings. The Bertz CT molecular complexity index is 314. The molecule has 84 valence electrons. The van der Waals surface area contributed by atoms with Gasteiger partial charge in [0.15, 0.2) is 0 Å². The number of hydrogen-bond donors (Lipinski definition) is 3. The lowest BCUT2D eigenvalue weighted by Gasteiger charge is -2.07. The monoisotopic (exact) mass is 230 g/mol. The molecule has 0 aliphatic heterocycles. The van der Waals surface area contributed by atoms with Crippen molar-refractivity contribution in [2.24, 2.45) is 11.5 Å². The van der Waals surface area contributed by atoms with Crippen LogP contribution in [0.4, 0.5) is 0 Å². The molecule has 1 aromatic carbocycles. The maximum Gasteiger partial charge on any atom is 0.248 e. The highest BCUT2D eigenvalue weighted by molar-refractivity contribution is 5.92. The van der Waals surface area contributed by atoms with Gasteiger partial charge in [0, 0.05) is 11.6 Å². The number of benzene rings is 1. The zero-order valence-corrected chi connectivity index (χ0v) is 9.04. The summed E-state index contributed by atoms with van der Waals surface area (Å²) < 4.78 is 0. The molecule has 1 amide bonds. The minimum Gasteiger partial charge on any atom is -0.395 e. The quantitative estimate of drug-likeness (QED) is 0.684. The van der Waals surface area contributed by atoms with Crippen LogP contribution in [0, 0.1) is 0 Å². The van der Waals surface area contributed by atoms with E-state index in [0.717, 1.165) is 5.56 Å². The summed E-state index contributed by atoms with van der Waals surface area (Å²) in [5, 5.41) is 8.74. The first-order valence-corrected chi connectivity index (χ1v) is 4.38. The smallest absolute Gasteiger partial charge is 0.248 e. The molecule has 0 aliphatic carbocycles. The summed E-state index contributed by atoms with van der Waals surface area (Å²) in [7, 11) is 0. The predicted molar refractivity (Wildman–Crippen MR) is 61.0 cm³/mol. The van der Waals surface area contributed by atoms with E-state index in [1.165, 1.54) is 0 Å². The Morgan fingerprint density at radius 2 is 1.87 bits per heavy atom. The van der Waals surface area contributed by atoms with Crippen LogP contribution in [-0.2, 0) is 6.42 Å². The molecule has 5 heteroatoms. The van der Waals surface area contributed by atoms with Crippen LogP contribution >= 0.6 is 12.4 Å². The number of hydrogen-bond acceptors (Lipinski definition) is 3. The van der Waals surface area contributed by atoms with E-state index in [0.29, 0.717) is 12.0 Å². The molecule has 1 aromatic rings. The number of halogens is 1. The van der Waals surface area contributed by atoms with Gasteiger partial charge >= 0.3 is 0 Å². The molecule has 0 saturated heterocycles. The number of aliphatic hydroxyl groups excluding tert-OH is 1. The first-order chi connectivity index (χ1) is 6.63. The molecule has 5 N–H and O–H groups in total. The van der Waals surface area contributed by atoms with Gasteiger partial charge in [-0.3, -0.25) is 4.79 Å². The van der Waals surface area contributed by atoms with Crippen LogP contribution in [0.1, 0.15) is 15.9 Å². The normalized spacial score (nSPS) is 11.6. The fourth-order valence-corrected chi connectivity index (χ4v) is 1.17. The fourth-order valence-electron chi connectivity index (χ4n) is 1.17. The third-order valence-electron chi connectivity index (χ3n) is 1.97. The van der Waals surface area contributed by atoms with Crippen LogP contribution in [0.3, 0.4) is 0 Å². The second-order valence-electron chi connectivity index (χ2n) is 3.21. The van der Waals surface area contributed by atoms with Gasteiger partial charge in [-0.1, -0.05) is 12.1 Å². The number of aliphatic hydroxyl groups is 1. The van der Waals surface area contributed by atoms with Gasteiger partial charge in [0.2, 0.25) is 5.91 Å². The predicted octanol–water partition coefficient (Wildman–Crippen LogP) is 0.0694. The molecule has 0 bridgehead atoms. The van der Waals surface area contributed by atoms with E-state index in [9.17, 15) is 4.79 Å². The van der Waals surface area contributed by atoms with Crippen LogP contribution in [0.2, 0.25) is 0 Å². The lowest BCUT2D eigenvalue weighted by Crippen LogP contribution is -2.26. The van der Waals surface area contributed by atoms with Crippen molar-refractivity contribution in [1.29, 1.82) is 0 Å².